The van der Waals surface area contributed by atoms with Gasteiger partial charge in [0, 0.05) is 49.7 Å². The van der Waals surface area contributed by atoms with E-state index in [0.29, 0.717) is 60.8 Å². The van der Waals surface area contributed by atoms with Gasteiger partial charge in [0.2, 0.25) is 0 Å². The molecule has 0 unspecified atom stereocenters. The molecule has 34 heavy (non-hydrogen) atoms. The largest absolute Gasteiger partial charge is 0.336 e. The molecule has 1 fully saturated rings. The Labute approximate surface area is 199 Å². The lowest BCUT2D eigenvalue weighted by Crippen LogP contribution is -2.48. The Kier molecular flexibility index (Phi) is 5.84. The van der Waals surface area contributed by atoms with E-state index in [1.54, 1.807) is 23.5 Å². The van der Waals surface area contributed by atoms with Crippen LogP contribution in [0.4, 0.5) is 5.69 Å². The molecule has 1 aliphatic rings. The quantitative estimate of drug-likeness (QED) is 0.309. The average molecular weight is 478 g/mol. The lowest BCUT2D eigenvalue weighted by molar-refractivity contribution is -0.384. The molecule has 1 aromatic carbocycles. The number of rotatable bonds is 5. The molecule has 0 aliphatic carbocycles. The van der Waals surface area contributed by atoms with Gasteiger partial charge in [-0.25, -0.2) is 4.98 Å². The molecule has 10 heteroatoms. The maximum Gasteiger partial charge on any atom is 0.269 e. The second-order valence-electron chi connectivity index (χ2n) is 8.41. The number of benzene rings is 1. The van der Waals surface area contributed by atoms with E-state index in [-0.39, 0.29) is 16.5 Å². The van der Waals surface area contributed by atoms with Gasteiger partial charge >= 0.3 is 0 Å². The highest BCUT2D eigenvalue weighted by molar-refractivity contribution is 7.15. The lowest BCUT2D eigenvalue weighted by Gasteiger charge is -2.34. The summed E-state index contributed by atoms with van der Waals surface area (Å²) >= 11 is 1.62. The summed E-state index contributed by atoms with van der Waals surface area (Å²) in [6, 6.07) is 12.6. The fourth-order valence-corrected chi connectivity index (χ4v) is 5.10. The van der Waals surface area contributed by atoms with Crippen LogP contribution in [0.1, 0.15) is 26.5 Å². The first-order chi connectivity index (χ1) is 16.4. The van der Waals surface area contributed by atoms with Crippen molar-refractivity contribution < 1.29 is 14.2 Å². The van der Waals surface area contributed by atoms with Crippen LogP contribution in [0, 0.1) is 24.0 Å². The van der Waals surface area contributed by atoms with Crippen LogP contribution < -0.4 is 0 Å². The number of pyridine rings is 1. The first kappa shape index (κ1) is 22.2. The molecular formula is C24H23N5O4S. The van der Waals surface area contributed by atoms with E-state index in [1.807, 2.05) is 43.0 Å². The summed E-state index contributed by atoms with van der Waals surface area (Å²) in [5, 5.41) is 15.7. The third kappa shape index (κ3) is 4.29. The lowest BCUT2D eigenvalue weighted by atomic mass is 10.1. The number of nitro benzene ring substituents is 1. The summed E-state index contributed by atoms with van der Waals surface area (Å²) in [5.41, 5.74) is 3.25. The summed E-state index contributed by atoms with van der Waals surface area (Å²) in [4.78, 5) is 35.0. The van der Waals surface area contributed by atoms with Gasteiger partial charge in [-0.1, -0.05) is 17.3 Å². The molecule has 1 amide bonds. The number of carbonyl (C=O) groups excluding carboxylic acids is 1. The zero-order valence-electron chi connectivity index (χ0n) is 18.9. The van der Waals surface area contributed by atoms with E-state index in [1.165, 1.54) is 10.9 Å². The van der Waals surface area contributed by atoms with Gasteiger partial charge in [0.1, 0.15) is 0 Å². The zero-order chi connectivity index (χ0) is 23.8. The summed E-state index contributed by atoms with van der Waals surface area (Å²) < 4.78 is 5.42. The van der Waals surface area contributed by atoms with E-state index in [2.05, 4.69) is 15.0 Å². The highest BCUT2D eigenvalue weighted by Crippen LogP contribution is 2.31. The van der Waals surface area contributed by atoms with Gasteiger partial charge in [-0.15, -0.1) is 11.3 Å². The average Bonchev–Trinajstić information content (AvgIpc) is 3.44. The molecule has 5 rings (SSSR count). The van der Waals surface area contributed by atoms with Crippen LogP contribution in [-0.2, 0) is 6.54 Å². The summed E-state index contributed by atoms with van der Waals surface area (Å²) in [6.45, 7) is 6.95. The van der Waals surface area contributed by atoms with Gasteiger partial charge in [-0.2, -0.15) is 0 Å². The van der Waals surface area contributed by atoms with E-state index >= 15 is 0 Å². The smallest absolute Gasteiger partial charge is 0.269 e. The molecule has 0 bridgehead atoms. The molecule has 174 valence electrons. The molecule has 3 aromatic heterocycles. The minimum absolute atomic E-state index is 0.0665. The number of aryl methyl sites for hydroxylation is 2. The number of hydrogen-bond acceptors (Lipinski definition) is 8. The van der Waals surface area contributed by atoms with Crippen LogP contribution >= 0.6 is 11.3 Å². The second kappa shape index (κ2) is 8.96. The van der Waals surface area contributed by atoms with Crippen molar-refractivity contribution in [3.05, 3.63) is 74.3 Å². The maximum absolute atomic E-state index is 13.6. The topological polar surface area (TPSA) is 106 Å². The predicted octanol–water partition coefficient (Wildman–Crippen LogP) is 4.43. The van der Waals surface area contributed by atoms with Gasteiger partial charge < -0.3 is 9.42 Å². The Balaban J connectivity index is 1.34. The number of non-ortho nitro benzene ring substituents is 1. The number of hydrogen-bond donors (Lipinski definition) is 0. The van der Waals surface area contributed by atoms with Gasteiger partial charge in [-0.3, -0.25) is 19.8 Å². The summed E-state index contributed by atoms with van der Waals surface area (Å²) in [7, 11) is 0. The number of amides is 1. The number of nitrogens with zero attached hydrogens (tertiary/aromatic N) is 5. The predicted molar refractivity (Wildman–Crippen MR) is 129 cm³/mol. The van der Waals surface area contributed by atoms with Crippen molar-refractivity contribution >= 4 is 34.0 Å². The Bertz CT molecular complexity index is 1390. The molecule has 9 nitrogen and oxygen atoms in total. The fraction of sp³-hybridized carbons (Fsp3) is 0.292. The highest BCUT2D eigenvalue weighted by Gasteiger charge is 2.27. The van der Waals surface area contributed by atoms with Crippen LogP contribution in [-0.4, -0.2) is 56.9 Å². The Morgan fingerprint density at radius 1 is 1.15 bits per heavy atom. The van der Waals surface area contributed by atoms with Crippen molar-refractivity contribution in [2.45, 2.75) is 20.4 Å². The Hall–Kier alpha value is -3.63. The molecule has 0 saturated carbocycles. The van der Waals surface area contributed by atoms with Crippen LogP contribution in [0.2, 0.25) is 0 Å². The molecule has 0 radical (unpaired) electrons. The molecule has 0 spiro atoms. The molecule has 0 N–H and O–H groups in total. The van der Waals surface area contributed by atoms with Crippen molar-refractivity contribution in [2.75, 3.05) is 26.2 Å². The number of fused-ring (bicyclic) bond motifs is 1. The Morgan fingerprint density at radius 3 is 2.65 bits per heavy atom. The van der Waals surface area contributed by atoms with Crippen LogP contribution in [0.5, 0.6) is 0 Å². The minimum atomic E-state index is -0.381. The second-order valence-corrected chi connectivity index (χ2v) is 9.70. The van der Waals surface area contributed by atoms with Crippen LogP contribution in [0.15, 0.2) is 47.0 Å². The van der Waals surface area contributed by atoms with Crippen molar-refractivity contribution in [1.29, 1.82) is 0 Å². The van der Waals surface area contributed by atoms with E-state index in [0.717, 1.165) is 10.4 Å². The van der Waals surface area contributed by atoms with E-state index < -0.39 is 0 Å². The Morgan fingerprint density at radius 2 is 1.94 bits per heavy atom. The van der Waals surface area contributed by atoms with Gasteiger partial charge in [-0.05, 0) is 37.6 Å². The first-order valence-corrected chi connectivity index (χ1v) is 11.8. The number of carbonyl (C=O) groups is 1. The third-order valence-electron chi connectivity index (χ3n) is 6.03. The molecule has 1 aliphatic heterocycles. The van der Waals surface area contributed by atoms with E-state index in [4.69, 9.17) is 4.52 Å². The summed E-state index contributed by atoms with van der Waals surface area (Å²) in [5.74, 6) is -0.0665. The third-order valence-corrected chi connectivity index (χ3v) is 7.05. The highest BCUT2D eigenvalue weighted by atomic mass is 32.1. The number of nitro groups is 1. The molecule has 1 saturated heterocycles. The summed E-state index contributed by atoms with van der Waals surface area (Å²) in [6.07, 6.45) is 0. The molecule has 4 heterocycles. The van der Waals surface area contributed by atoms with Gasteiger partial charge in [0.05, 0.1) is 32.1 Å². The molecular weight excluding hydrogens is 454 g/mol. The fourth-order valence-electron chi connectivity index (χ4n) is 4.27. The number of aromatic nitrogens is 2. The van der Waals surface area contributed by atoms with Crippen molar-refractivity contribution in [2.24, 2.45) is 0 Å². The van der Waals surface area contributed by atoms with Crippen LogP contribution in [0.25, 0.3) is 21.7 Å². The standard InChI is InChI=1S/C24H23N5O4S/c1-15-6-7-21(34-15)20-13-19(22-16(2)26-33-23(22)25-20)24(30)28-10-8-27(9-11-28)14-17-4-3-5-18(12-17)29(31)32/h3-7,12-13H,8-11,14H2,1-2H3. The van der Waals surface area contributed by atoms with Crippen molar-refractivity contribution in [3.8, 4) is 10.6 Å². The van der Waals surface area contributed by atoms with Gasteiger partial charge in [0.15, 0.2) is 0 Å². The van der Waals surface area contributed by atoms with E-state index in [9.17, 15) is 14.9 Å². The normalized spacial score (nSPS) is 14.6. The zero-order valence-corrected chi connectivity index (χ0v) is 19.7. The van der Waals surface area contributed by atoms with Gasteiger partial charge in [0.25, 0.3) is 17.3 Å². The maximum atomic E-state index is 13.6. The SMILES string of the molecule is Cc1ccc(-c2cc(C(=O)N3CCN(Cc4cccc([N+](=O)[O-])c4)CC3)c3c(C)noc3n2)s1. The molecule has 0 atom stereocenters. The minimum Gasteiger partial charge on any atom is -0.336 e. The number of piperazine rings is 1. The van der Waals surface area contributed by atoms with Crippen molar-refractivity contribution in [3.63, 3.8) is 0 Å². The number of thiophene rings is 1. The van der Waals surface area contributed by atoms with Crippen molar-refractivity contribution in [1.82, 2.24) is 19.9 Å². The monoisotopic (exact) mass is 477 g/mol. The van der Waals surface area contributed by atoms with Crippen LogP contribution in [0.3, 0.4) is 0 Å². The molecule has 4 aromatic rings. The first-order valence-electron chi connectivity index (χ1n) is 11.0.